The van der Waals surface area contributed by atoms with Gasteiger partial charge in [0, 0.05) is 64.6 Å². The monoisotopic (exact) mass is 750 g/mol. The molecule has 4 atom stereocenters. The van der Waals surface area contributed by atoms with Crippen LogP contribution in [0.25, 0.3) is 0 Å². The molecule has 18 nitrogen and oxygen atoms in total. The van der Waals surface area contributed by atoms with Gasteiger partial charge in [-0.1, -0.05) is 27.7 Å². The molecular formula is C34H54O18. The van der Waals surface area contributed by atoms with Gasteiger partial charge < -0.3 is 48.1 Å². The number of hydrogen-bond donors (Lipinski definition) is 2. The predicted molar refractivity (Wildman–Crippen MR) is 177 cm³/mol. The summed E-state index contributed by atoms with van der Waals surface area (Å²) in [5, 5.41) is 22.4. The fourth-order valence-electron chi connectivity index (χ4n) is 3.85. The lowest BCUT2D eigenvalue weighted by Crippen LogP contribution is -2.50. The first-order valence-electron chi connectivity index (χ1n) is 17.4. The topological polar surface area (TPSA) is 251 Å². The summed E-state index contributed by atoms with van der Waals surface area (Å²) < 4.78 is 42.2. The maximum Gasteiger partial charge on any atom is 0.374 e. The predicted octanol–water partition coefficient (Wildman–Crippen LogP) is 0.161. The molecule has 0 amide bonds. The fourth-order valence-corrected chi connectivity index (χ4v) is 3.85. The van der Waals surface area contributed by atoms with Gasteiger partial charge in [0.1, 0.15) is 24.4 Å². The Kier molecular flexibility index (Phi) is 27.7. The van der Waals surface area contributed by atoms with Gasteiger partial charge in [-0.25, -0.2) is 19.2 Å². The zero-order chi connectivity index (χ0) is 39.3. The van der Waals surface area contributed by atoms with Gasteiger partial charge in [0.15, 0.2) is 0 Å². The van der Waals surface area contributed by atoms with Crippen LogP contribution in [-0.4, -0.2) is 148 Å². The minimum absolute atomic E-state index is 0.000791. The molecule has 18 heteroatoms. The molecule has 52 heavy (non-hydrogen) atoms. The van der Waals surface area contributed by atoms with Crippen molar-refractivity contribution in [2.75, 3.05) is 66.1 Å². The van der Waals surface area contributed by atoms with Gasteiger partial charge in [-0.2, -0.15) is 0 Å². The lowest BCUT2D eigenvalue weighted by atomic mass is 10.0. The minimum Gasteiger partial charge on any atom is -0.460 e. The molecule has 0 fully saturated rings. The molecule has 0 radical (unpaired) electrons. The van der Waals surface area contributed by atoms with Crippen molar-refractivity contribution in [2.45, 2.75) is 103 Å². The molecule has 0 saturated carbocycles. The van der Waals surface area contributed by atoms with Gasteiger partial charge in [0.05, 0.1) is 52.9 Å². The number of ketones is 4. The molecule has 0 bridgehead atoms. The Labute approximate surface area is 303 Å². The highest BCUT2D eigenvalue weighted by Gasteiger charge is 2.35. The first-order valence-corrected chi connectivity index (χ1v) is 17.4. The van der Waals surface area contributed by atoms with Crippen LogP contribution >= 0.6 is 0 Å². The second-order valence-electron chi connectivity index (χ2n) is 11.0. The van der Waals surface area contributed by atoms with Crippen LogP contribution in [0, 0.1) is 0 Å². The van der Waals surface area contributed by atoms with E-state index in [4.69, 9.17) is 37.9 Å². The number of rotatable bonds is 33. The van der Waals surface area contributed by atoms with Crippen LogP contribution in [0.1, 0.15) is 79.1 Å². The Balaban J connectivity index is 5.50. The first-order chi connectivity index (χ1) is 24.8. The van der Waals surface area contributed by atoms with Crippen molar-refractivity contribution >= 4 is 47.0 Å². The van der Waals surface area contributed by atoms with Crippen molar-refractivity contribution in [2.24, 2.45) is 0 Å². The number of aliphatic hydroxyl groups excluding tert-OH is 2. The van der Waals surface area contributed by atoms with Crippen molar-refractivity contribution in [3.63, 3.8) is 0 Å². The molecule has 0 aromatic carbocycles. The zero-order valence-corrected chi connectivity index (χ0v) is 30.5. The van der Waals surface area contributed by atoms with E-state index in [1.54, 1.807) is 0 Å². The Morgan fingerprint density at radius 1 is 0.442 bits per heavy atom. The van der Waals surface area contributed by atoms with E-state index in [-0.39, 0.29) is 117 Å². The number of carbonyl (C=O) groups is 8. The Morgan fingerprint density at radius 2 is 0.769 bits per heavy atom. The SMILES string of the molecule is CCC(=O)C(=O)OCCCOCC(O)C(OCCCOC(=O)C(=O)CC)C(O)C(COCCCOC(=O)C(=O)CC)OCCCOC(=O)C(=O)CC. The Hall–Kier alpha value is -3.68. The van der Waals surface area contributed by atoms with Gasteiger partial charge in [-0.15, -0.1) is 0 Å². The van der Waals surface area contributed by atoms with E-state index in [0.717, 1.165) is 0 Å². The van der Waals surface area contributed by atoms with E-state index in [1.807, 2.05) is 0 Å². The second-order valence-corrected chi connectivity index (χ2v) is 11.0. The van der Waals surface area contributed by atoms with Crippen LogP contribution in [0.15, 0.2) is 0 Å². The highest BCUT2D eigenvalue weighted by molar-refractivity contribution is 6.34. The molecule has 0 rings (SSSR count). The van der Waals surface area contributed by atoms with Gasteiger partial charge >= 0.3 is 23.9 Å². The summed E-state index contributed by atoms with van der Waals surface area (Å²) in [7, 11) is 0. The summed E-state index contributed by atoms with van der Waals surface area (Å²) in [4.78, 5) is 92.1. The van der Waals surface area contributed by atoms with Crippen LogP contribution in [0.5, 0.6) is 0 Å². The Bertz CT molecular complexity index is 1120. The molecule has 0 aliphatic heterocycles. The lowest BCUT2D eigenvalue weighted by Gasteiger charge is -2.32. The van der Waals surface area contributed by atoms with E-state index in [9.17, 15) is 48.6 Å². The summed E-state index contributed by atoms with van der Waals surface area (Å²) in [5.74, 6) is -6.64. The standard InChI is InChI=1S/C34H54O18/c1-5-23(35)31(41)49-17-9-13-45-21-27(39)30(48-16-12-20-52-34(44)26(38)8-4)29(40)28(47-15-11-19-51-33(43)25(37)7-3)22-46-14-10-18-50-32(42)24(36)6-2/h27-30,39-40H,5-22H2,1-4H3. The third kappa shape index (κ3) is 21.6. The maximum atomic E-state index is 11.7. The van der Waals surface area contributed by atoms with Crippen molar-refractivity contribution in [3.8, 4) is 0 Å². The van der Waals surface area contributed by atoms with Crippen LogP contribution in [0.4, 0.5) is 0 Å². The molecular weight excluding hydrogens is 696 g/mol. The number of aliphatic hydroxyl groups is 2. The summed E-state index contributed by atoms with van der Waals surface area (Å²) in [6.07, 6.45) is -5.01. The highest BCUT2D eigenvalue weighted by Crippen LogP contribution is 2.15. The van der Waals surface area contributed by atoms with E-state index in [2.05, 4.69) is 0 Å². The van der Waals surface area contributed by atoms with E-state index in [1.165, 1.54) is 27.7 Å². The third-order valence-corrected chi connectivity index (χ3v) is 6.88. The lowest BCUT2D eigenvalue weighted by molar-refractivity contribution is -0.172. The normalized spacial score (nSPS) is 13.3. The first kappa shape index (κ1) is 48.3. The van der Waals surface area contributed by atoms with E-state index in [0.29, 0.717) is 0 Å². The molecule has 4 unspecified atom stereocenters. The summed E-state index contributed by atoms with van der Waals surface area (Å²) in [6, 6.07) is 0. The van der Waals surface area contributed by atoms with E-state index >= 15 is 0 Å². The average Bonchev–Trinajstić information content (AvgIpc) is 3.15. The van der Waals surface area contributed by atoms with Crippen LogP contribution in [0.3, 0.4) is 0 Å². The molecule has 0 aliphatic rings. The zero-order valence-electron chi connectivity index (χ0n) is 30.5. The molecule has 0 aromatic heterocycles. The quantitative estimate of drug-likeness (QED) is 0.0392. The molecule has 0 aliphatic carbocycles. The smallest absolute Gasteiger partial charge is 0.374 e. The molecule has 0 spiro atoms. The van der Waals surface area contributed by atoms with Crippen LogP contribution in [0.2, 0.25) is 0 Å². The van der Waals surface area contributed by atoms with Gasteiger partial charge in [-0.3, -0.25) is 19.2 Å². The highest BCUT2D eigenvalue weighted by atomic mass is 16.6. The fraction of sp³-hybridized carbons (Fsp3) is 0.765. The average molecular weight is 751 g/mol. The number of Topliss-reactive ketones (excluding diaryl/α,β-unsaturated/α-hetero) is 4. The van der Waals surface area contributed by atoms with Gasteiger partial charge in [-0.05, 0) is 0 Å². The number of carbonyl (C=O) groups excluding carboxylic acids is 8. The Morgan fingerprint density at radius 3 is 1.13 bits per heavy atom. The van der Waals surface area contributed by atoms with Crippen molar-refractivity contribution in [1.29, 1.82) is 0 Å². The second kappa shape index (κ2) is 29.9. The van der Waals surface area contributed by atoms with Crippen LogP contribution in [-0.2, 0) is 76.3 Å². The third-order valence-electron chi connectivity index (χ3n) is 6.88. The minimum atomic E-state index is -1.58. The molecule has 2 N–H and O–H groups in total. The summed E-state index contributed by atoms with van der Waals surface area (Å²) in [5.41, 5.74) is 0. The van der Waals surface area contributed by atoms with Crippen molar-refractivity contribution in [3.05, 3.63) is 0 Å². The van der Waals surface area contributed by atoms with Gasteiger partial charge in [0.25, 0.3) is 0 Å². The summed E-state index contributed by atoms with van der Waals surface area (Å²) >= 11 is 0. The molecule has 298 valence electrons. The molecule has 0 heterocycles. The maximum absolute atomic E-state index is 11.7. The van der Waals surface area contributed by atoms with Crippen molar-refractivity contribution < 1.29 is 86.5 Å². The number of ether oxygens (including phenoxy) is 8. The largest absolute Gasteiger partial charge is 0.460 e. The van der Waals surface area contributed by atoms with Crippen molar-refractivity contribution in [1.82, 2.24) is 0 Å². The number of esters is 4. The molecule has 0 saturated heterocycles. The van der Waals surface area contributed by atoms with Gasteiger partial charge in [0.2, 0.25) is 23.1 Å². The molecule has 0 aromatic rings. The van der Waals surface area contributed by atoms with E-state index < -0.39 is 71.4 Å². The number of hydrogen-bond acceptors (Lipinski definition) is 18. The summed E-state index contributed by atoms with van der Waals surface area (Å²) in [6.45, 7) is 4.68. The van der Waals surface area contributed by atoms with Crippen LogP contribution < -0.4 is 0 Å².